The fourth-order valence-corrected chi connectivity index (χ4v) is 3.12. The molecule has 3 aromatic rings. The van der Waals surface area contributed by atoms with Crippen molar-refractivity contribution in [3.05, 3.63) is 112 Å². The second kappa shape index (κ2) is 11.0. The minimum absolute atomic E-state index is 0.0599. The molecule has 3 rings (SSSR count). The van der Waals surface area contributed by atoms with Gasteiger partial charge in [-0.15, -0.1) is 0 Å². The number of nitro benzene ring substituents is 1. The van der Waals surface area contributed by atoms with E-state index < -0.39 is 23.1 Å². The Labute approximate surface area is 180 Å². The van der Waals surface area contributed by atoms with Crippen LogP contribution in [-0.2, 0) is 16.0 Å². The number of esters is 1. The third kappa shape index (κ3) is 6.47. The number of non-ortho nitro benzene ring substituents is 1. The molecule has 2 atom stereocenters. The van der Waals surface area contributed by atoms with E-state index in [0.717, 1.165) is 11.1 Å². The van der Waals surface area contributed by atoms with E-state index in [1.165, 1.54) is 12.1 Å². The lowest BCUT2D eigenvalue weighted by Crippen LogP contribution is -2.28. The highest BCUT2D eigenvalue weighted by Gasteiger charge is 2.23. The van der Waals surface area contributed by atoms with Gasteiger partial charge in [-0.05, 0) is 29.7 Å². The van der Waals surface area contributed by atoms with Crippen LogP contribution in [-0.4, -0.2) is 29.1 Å². The standard InChI is InChI=1S/C24H24N2O5/c27-23(20-9-5-2-6-10-20)24(28)31-22(19-7-3-1-4-8-19)17-25-16-15-18-11-13-21(14-12-18)26(29)30/h1-14,22-23,25,27H,15-17H2/t22-,23+/m0/s1. The fraction of sp³-hybridized carbons (Fsp3) is 0.208. The number of nitro groups is 1. The van der Waals surface area contributed by atoms with E-state index in [1.54, 1.807) is 36.4 Å². The van der Waals surface area contributed by atoms with E-state index in [-0.39, 0.29) is 5.69 Å². The number of hydrogen-bond acceptors (Lipinski definition) is 6. The van der Waals surface area contributed by atoms with Crippen LogP contribution in [0.2, 0.25) is 0 Å². The highest BCUT2D eigenvalue weighted by Crippen LogP contribution is 2.21. The van der Waals surface area contributed by atoms with Gasteiger partial charge in [0.1, 0.15) is 6.10 Å². The monoisotopic (exact) mass is 420 g/mol. The first-order valence-corrected chi connectivity index (χ1v) is 9.97. The van der Waals surface area contributed by atoms with Gasteiger partial charge >= 0.3 is 5.97 Å². The molecule has 7 heteroatoms. The first kappa shape index (κ1) is 22.1. The van der Waals surface area contributed by atoms with Gasteiger partial charge < -0.3 is 15.2 Å². The molecule has 0 saturated carbocycles. The minimum atomic E-state index is -1.35. The third-order valence-corrected chi connectivity index (χ3v) is 4.84. The number of rotatable bonds is 10. The summed E-state index contributed by atoms with van der Waals surface area (Å²) < 4.78 is 5.62. The third-order valence-electron chi connectivity index (χ3n) is 4.84. The van der Waals surface area contributed by atoms with Crippen molar-refractivity contribution in [2.45, 2.75) is 18.6 Å². The summed E-state index contributed by atoms with van der Waals surface area (Å²) in [6, 6.07) is 24.4. The van der Waals surface area contributed by atoms with Crippen molar-refractivity contribution < 1.29 is 19.6 Å². The molecule has 0 aliphatic heterocycles. The average Bonchev–Trinajstić information content (AvgIpc) is 2.81. The summed E-state index contributed by atoms with van der Waals surface area (Å²) in [6.45, 7) is 0.962. The molecule has 0 unspecified atom stereocenters. The lowest BCUT2D eigenvalue weighted by Gasteiger charge is -2.21. The van der Waals surface area contributed by atoms with Crippen LogP contribution in [0.3, 0.4) is 0 Å². The van der Waals surface area contributed by atoms with Crippen molar-refractivity contribution in [1.82, 2.24) is 5.32 Å². The van der Waals surface area contributed by atoms with E-state index in [0.29, 0.717) is 25.1 Å². The maximum atomic E-state index is 12.5. The molecule has 0 radical (unpaired) electrons. The van der Waals surface area contributed by atoms with E-state index in [9.17, 15) is 20.0 Å². The SMILES string of the molecule is O=C(O[C@@H](CNCCc1ccc([N+](=O)[O-])cc1)c1ccccc1)[C@H](O)c1ccccc1. The van der Waals surface area contributed by atoms with E-state index in [4.69, 9.17) is 4.74 Å². The lowest BCUT2D eigenvalue weighted by molar-refractivity contribution is -0.384. The maximum absolute atomic E-state index is 12.5. The van der Waals surface area contributed by atoms with Crippen LogP contribution in [0.5, 0.6) is 0 Å². The maximum Gasteiger partial charge on any atom is 0.340 e. The summed E-state index contributed by atoms with van der Waals surface area (Å²) in [5.74, 6) is -0.711. The second-order valence-corrected chi connectivity index (χ2v) is 7.03. The molecule has 0 spiro atoms. The van der Waals surface area contributed by atoms with Crippen LogP contribution in [0.1, 0.15) is 28.9 Å². The number of carbonyl (C=O) groups is 1. The number of carbonyl (C=O) groups excluding carboxylic acids is 1. The topological polar surface area (TPSA) is 102 Å². The minimum Gasteiger partial charge on any atom is -0.454 e. The molecule has 0 bridgehead atoms. The van der Waals surface area contributed by atoms with Crippen LogP contribution in [0.25, 0.3) is 0 Å². The van der Waals surface area contributed by atoms with Gasteiger partial charge in [-0.3, -0.25) is 10.1 Å². The van der Waals surface area contributed by atoms with Crippen LogP contribution in [0, 0.1) is 10.1 Å². The van der Waals surface area contributed by atoms with Crippen LogP contribution in [0.4, 0.5) is 5.69 Å². The predicted octanol–water partition coefficient (Wildman–Crippen LogP) is 3.75. The molecule has 0 saturated heterocycles. The van der Waals surface area contributed by atoms with E-state index >= 15 is 0 Å². The Balaban J connectivity index is 1.58. The number of hydrogen-bond donors (Lipinski definition) is 2. The Morgan fingerprint density at radius 2 is 1.52 bits per heavy atom. The first-order valence-electron chi connectivity index (χ1n) is 9.97. The molecule has 0 heterocycles. The number of nitrogens with one attached hydrogen (secondary N) is 1. The van der Waals surface area contributed by atoms with Crippen molar-refractivity contribution >= 4 is 11.7 Å². The molecule has 0 amide bonds. The van der Waals surface area contributed by atoms with Gasteiger partial charge in [0.25, 0.3) is 5.69 Å². The van der Waals surface area contributed by atoms with Gasteiger partial charge in [-0.1, -0.05) is 72.8 Å². The van der Waals surface area contributed by atoms with Crippen LogP contribution in [0.15, 0.2) is 84.9 Å². The van der Waals surface area contributed by atoms with Crippen molar-refractivity contribution in [3.63, 3.8) is 0 Å². The number of nitrogens with zero attached hydrogens (tertiary/aromatic N) is 1. The predicted molar refractivity (Wildman–Crippen MR) is 116 cm³/mol. The van der Waals surface area contributed by atoms with Crippen molar-refractivity contribution in [2.24, 2.45) is 0 Å². The number of aliphatic hydroxyl groups is 1. The zero-order chi connectivity index (χ0) is 22.1. The van der Waals surface area contributed by atoms with Gasteiger partial charge in [0, 0.05) is 18.7 Å². The number of ether oxygens (including phenoxy) is 1. The molecule has 0 aliphatic rings. The highest BCUT2D eigenvalue weighted by molar-refractivity contribution is 5.76. The molecule has 160 valence electrons. The summed E-state index contributed by atoms with van der Waals surface area (Å²) in [4.78, 5) is 22.8. The Hall–Kier alpha value is -3.55. The summed E-state index contributed by atoms with van der Waals surface area (Å²) in [5, 5.41) is 24.3. The summed E-state index contributed by atoms with van der Waals surface area (Å²) in [7, 11) is 0. The van der Waals surface area contributed by atoms with Crippen molar-refractivity contribution in [2.75, 3.05) is 13.1 Å². The van der Waals surface area contributed by atoms with E-state index in [1.807, 2.05) is 36.4 Å². The Morgan fingerprint density at radius 3 is 2.10 bits per heavy atom. The van der Waals surface area contributed by atoms with Crippen LogP contribution >= 0.6 is 0 Å². The first-order chi connectivity index (χ1) is 15.0. The normalized spacial score (nSPS) is 12.7. The van der Waals surface area contributed by atoms with Gasteiger partial charge in [0.15, 0.2) is 6.10 Å². The summed E-state index contributed by atoms with van der Waals surface area (Å²) >= 11 is 0. The zero-order valence-electron chi connectivity index (χ0n) is 16.9. The van der Waals surface area contributed by atoms with E-state index in [2.05, 4.69) is 5.32 Å². The molecule has 3 aromatic carbocycles. The largest absolute Gasteiger partial charge is 0.454 e. The molecule has 2 N–H and O–H groups in total. The molecule has 0 aliphatic carbocycles. The second-order valence-electron chi connectivity index (χ2n) is 7.03. The van der Waals surface area contributed by atoms with Crippen molar-refractivity contribution in [1.29, 1.82) is 0 Å². The number of aliphatic hydroxyl groups excluding tert-OH is 1. The van der Waals surface area contributed by atoms with Gasteiger partial charge in [0.2, 0.25) is 0 Å². The smallest absolute Gasteiger partial charge is 0.340 e. The molecule has 0 aromatic heterocycles. The fourth-order valence-electron chi connectivity index (χ4n) is 3.12. The zero-order valence-corrected chi connectivity index (χ0v) is 16.9. The number of benzene rings is 3. The molecule has 7 nitrogen and oxygen atoms in total. The van der Waals surface area contributed by atoms with Gasteiger partial charge in [0.05, 0.1) is 4.92 Å². The Kier molecular flexibility index (Phi) is 7.86. The highest BCUT2D eigenvalue weighted by atomic mass is 16.6. The summed E-state index contributed by atoms with van der Waals surface area (Å²) in [5.41, 5.74) is 2.32. The average molecular weight is 420 g/mol. The van der Waals surface area contributed by atoms with Gasteiger partial charge in [-0.2, -0.15) is 0 Å². The Bertz CT molecular complexity index is 978. The summed E-state index contributed by atoms with van der Waals surface area (Å²) in [6.07, 6.45) is -1.25. The van der Waals surface area contributed by atoms with Crippen LogP contribution < -0.4 is 5.32 Å². The molecule has 31 heavy (non-hydrogen) atoms. The molecular weight excluding hydrogens is 396 g/mol. The quantitative estimate of drug-likeness (QED) is 0.224. The van der Waals surface area contributed by atoms with Gasteiger partial charge in [-0.25, -0.2) is 4.79 Å². The Morgan fingerprint density at radius 1 is 0.935 bits per heavy atom. The van der Waals surface area contributed by atoms with Crippen molar-refractivity contribution in [3.8, 4) is 0 Å². The lowest BCUT2D eigenvalue weighted by atomic mass is 10.1. The molecule has 0 fully saturated rings. The molecular formula is C24H24N2O5.